The molecule has 0 unspecified atom stereocenters. The van der Waals surface area contributed by atoms with Crippen LogP contribution in [0.3, 0.4) is 0 Å². The van der Waals surface area contributed by atoms with Crippen LogP contribution in [0.25, 0.3) is 11.4 Å². The van der Waals surface area contributed by atoms with E-state index in [0.29, 0.717) is 26.6 Å². The van der Waals surface area contributed by atoms with E-state index >= 15 is 0 Å². The van der Waals surface area contributed by atoms with Gasteiger partial charge in [-0.2, -0.15) is 36.5 Å². The van der Waals surface area contributed by atoms with Crippen molar-refractivity contribution in [3.05, 3.63) is 156 Å². The van der Waals surface area contributed by atoms with Crippen LogP contribution < -0.4 is 30.7 Å². The molecular formula is C42H33ClF6N8O6. The number of halogens is 7. The first-order chi connectivity index (χ1) is 29.8. The minimum absolute atomic E-state index is 0.0761. The van der Waals surface area contributed by atoms with Gasteiger partial charge in [0.2, 0.25) is 11.8 Å². The Balaban J connectivity index is 0.000000238. The zero-order chi connectivity index (χ0) is 46.1. The molecule has 4 N–H and O–H groups in total. The highest BCUT2D eigenvalue weighted by atomic mass is 35.5. The highest BCUT2D eigenvalue weighted by Gasteiger charge is 2.42. The number of nitrogens with zero attached hydrogens (tertiary/aromatic N) is 4. The maximum Gasteiger partial charge on any atom is 0.434 e. The Morgan fingerprint density at radius 1 is 0.587 bits per heavy atom. The third-order valence-electron chi connectivity index (χ3n) is 8.38. The Morgan fingerprint density at radius 3 is 1.35 bits per heavy atom. The average molecular weight is 895 g/mol. The topological polar surface area (TPSA) is 171 Å². The number of anilines is 4. The molecule has 2 heterocycles. The SMILES string of the molecule is C=CC(=O)Nc1cc(Cl)cc(NC(=O)c2cnn(-c3ccc(OC)cc3)c2C(F)(F)F)c1.C=CC(=O)Nc1cccc(NC(=O)c2cnn(-c3ccc(OC)cc3)c2C(F)(F)F)c1. The normalized spacial score (nSPS) is 11.0. The van der Waals surface area contributed by atoms with E-state index in [1.165, 1.54) is 99.1 Å². The molecule has 0 aliphatic carbocycles. The van der Waals surface area contributed by atoms with E-state index in [-0.39, 0.29) is 33.5 Å². The Kier molecular flexibility index (Phi) is 14.4. The predicted molar refractivity (Wildman–Crippen MR) is 222 cm³/mol. The Hall–Kier alpha value is -7.87. The minimum Gasteiger partial charge on any atom is -0.497 e. The van der Waals surface area contributed by atoms with Gasteiger partial charge in [0, 0.05) is 27.8 Å². The Labute approximate surface area is 358 Å². The van der Waals surface area contributed by atoms with Crippen molar-refractivity contribution in [2.75, 3.05) is 35.5 Å². The quantitative estimate of drug-likeness (QED) is 0.0696. The van der Waals surface area contributed by atoms with Gasteiger partial charge in [-0.15, -0.1) is 0 Å². The largest absolute Gasteiger partial charge is 0.497 e. The monoisotopic (exact) mass is 894 g/mol. The lowest BCUT2D eigenvalue weighted by molar-refractivity contribution is -0.143. The summed E-state index contributed by atoms with van der Waals surface area (Å²) in [5.74, 6) is -2.13. The fourth-order valence-corrected chi connectivity index (χ4v) is 5.84. The molecule has 0 saturated heterocycles. The maximum atomic E-state index is 13.8. The van der Waals surface area contributed by atoms with E-state index in [9.17, 15) is 45.5 Å². The number of rotatable bonds is 12. The molecule has 0 fully saturated rings. The average Bonchev–Trinajstić information content (AvgIpc) is 3.91. The molecule has 63 heavy (non-hydrogen) atoms. The fraction of sp³-hybridized carbons (Fsp3) is 0.0952. The lowest BCUT2D eigenvalue weighted by atomic mass is 10.2. The summed E-state index contributed by atoms with van der Waals surface area (Å²) in [6.07, 6.45) is -5.95. The van der Waals surface area contributed by atoms with Gasteiger partial charge in [-0.3, -0.25) is 19.2 Å². The zero-order valence-electron chi connectivity index (χ0n) is 32.8. The van der Waals surface area contributed by atoms with Crippen LogP contribution in [0.1, 0.15) is 32.1 Å². The van der Waals surface area contributed by atoms with Crippen molar-refractivity contribution >= 4 is 58.0 Å². The summed E-state index contributed by atoms with van der Waals surface area (Å²) in [5, 5.41) is 17.4. The number of benzene rings is 4. The van der Waals surface area contributed by atoms with Gasteiger partial charge in [0.1, 0.15) is 11.5 Å². The second kappa shape index (κ2) is 19.7. The van der Waals surface area contributed by atoms with Crippen LogP contribution in [-0.2, 0) is 21.9 Å². The first-order valence-corrected chi connectivity index (χ1v) is 18.2. The number of methoxy groups -OCH3 is 2. The van der Waals surface area contributed by atoms with Crippen LogP contribution in [0.5, 0.6) is 11.5 Å². The molecule has 4 amide bonds. The molecule has 21 heteroatoms. The second-order valence-electron chi connectivity index (χ2n) is 12.6. The first-order valence-electron chi connectivity index (χ1n) is 17.8. The predicted octanol–water partition coefficient (Wildman–Crippen LogP) is 9.21. The van der Waals surface area contributed by atoms with E-state index in [4.69, 9.17) is 21.1 Å². The fourth-order valence-electron chi connectivity index (χ4n) is 5.61. The number of hydrogen-bond donors (Lipinski definition) is 4. The summed E-state index contributed by atoms with van der Waals surface area (Å²) in [7, 11) is 2.86. The molecule has 0 aliphatic heterocycles. The first kappa shape index (κ1) is 46.2. The van der Waals surface area contributed by atoms with Crippen LogP contribution in [0, 0.1) is 0 Å². The minimum atomic E-state index is -4.87. The van der Waals surface area contributed by atoms with Crippen molar-refractivity contribution in [2.24, 2.45) is 0 Å². The van der Waals surface area contributed by atoms with E-state index < -0.39 is 58.5 Å². The number of nitrogens with one attached hydrogen (secondary N) is 4. The number of alkyl halides is 6. The molecule has 0 atom stereocenters. The molecule has 326 valence electrons. The van der Waals surface area contributed by atoms with Gasteiger partial charge in [-0.25, -0.2) is 9.36 Å². The van der Waals surface area contributed by atoms with Gasteiger partial charge >= 0.3 is 12.4 Å². The molecular weight excluding hydrogens is 862 g/mol. The Morgan fingerprint density at radius 2 is 0.952 bits per heavy atom. The van der Waals surface area contributed by atoms with Crippen molar-refractivity contribution < 1.29 is 55.0 Å². The number of hydrogen-bond acceptors (Lipinski definition) is 8. The molecule has 6 rings (SSSR count). The van der Waals surface area contributed by atoms with Gasteiger partial charge in [-0.1, -0.05) is 30.8 Å². The van der Waals surface area contributed by atoms with Crippen LogP contribution in [0.4, 0.5) is 49.1 Å². The zero-order valence-corrected chi connectivity index (χ0v) is 33.5. The third kappa shape index (κ3) is 11.7. The second-order valence-corrected chi connectivity index (χ2v) is 13.1. The smallest absolute Gasteiger partial charge is 0.434 e. The number of aromatic nitrogens is 4. The molecule has 4 aromatic carbocycles. The molecule has 2 aromatic heterocycles. The molecule has 0 aliphatic rings. The number of amides is 4. The number of ether oxygens (including phenoxy) is 2. The number of carbonyl (C=O) groups excluding carboxylic acids is 4. The van der Waals surface area contributed by atoms with Crippen molar-refractivity contribution in [3.8, 4) is 22.9 Å². The van der Waals surface area contributed by atoms with Crippen LogP contribution in [0.15, 0.2) is 129 Å². The van der Waals surface area contributed by atoms with Crippen molar-refractivity contribution in [2.45, 2.75) is 12.4 Å². The highest BCUT2D eigenvalue weighted by Crippen LogP contribution is 2.36. The summed E-state index contributed by atoms with van der Waals surface area (Å²) < 4.78 is 94.2. The molecule has 6 aromatic rings. The van der Waals surface area contributed by atoms with Crippen molar-refractivity contribution in [3.63, 3.8) is 0 Å². The summed E-state index contributed by atoms with van der Waals surface area (Å²) in [5.41, 5.74) is -2.77. The summed E-state index contributed by atoms with van der Waals surface area (Å²) >= 11 is 5.98. The lowest BCUT2D eigenvalue weighted by Gasteiger charge is -2.13. The van der Waals surface area contributed by atoms with Crippen molar-refractivity contribution in [1.29, 1.82) is 0 Å². The summed E-state index contributed by atoms with van der Waals surface area (Å²) in [4.78, 5) is 48.2. The standard InChI is InChI=1S/C21H16ClF3N4O3.C21H17F3N4O3/c1-3-18(30)27-13-8-12(22)9-14(10-13)28-20(31)17-11-26-29(19(17)21(23,24)25)15-4-6-16(32-2)7-5-15;1-3-18(29)26-13-5-4-6-14(11-13)27-20(30)17-12-25-28(19(17)21(22,23)24)15-7-9-16(31-2)10-8-15/h3-11H,1H2,2H3,(H,27,30)(H,28,31);3-12H,1H2,2H3,(H,26,29)(H,27,30). The highest BCUT2D eigenvalue weighted by molar-refractivity contribution is 6.31. The van der Waals surface area contributed by atoms with E-state index in [1.807, 2.05) is 0 Å². The van der Waals surface area contributed by atoms with Gasteiger partial charge in [0.05, 0.1) is 49.1 Å². The summed E-state index contributed by atoms with van der Waals surface area (Å²) in [6.45, 7) is 6.65. The van der Waals surface area contributed by atoms with Gasteiger partial charge in [-0.05, 0) is 97.1 Å². The molecule has 14 nitrogen and oxygen atoms in total. The van der Waals surface area contributed by atoms with Gasteiger partial charge in [0.25, 0.3) is 11.8 Å². The van der Waals surface area contributed by atoms with E-state index in [0.717, 1.165) is 24.5 Å². The van der Waals surface area contributed by atoms with E-state index in [2.05, 4.69) is 44.6 Å². The molecule has 0 spiro atoms. The molecule has 0 radical (unpaired) electrons. The van der Waals surface area contributed by atoms with Gasteiger partial charge < -0.3 is 30.7 Å². The van der Waals surface area contributed by atoms with E-state index in [1.54, 1.807) is 6.07 Å². The van der Waals surface area contributed by atoms with Gasteiger partial charge in [0.15, 0.2) is 11.4 Å². The molecule has 0 saturated carbocycles. The Bertz CT molecular complexity index is 2660. The lowest BCUT2D eigenvalue weighted by Crippen LogP contribution is -2.20. The summed E-state index contributed by atoms with van der Waals surface area (Å²) in [6, 6.07) is 21.5. The number of carbonyl (C=O) groups is 4. The third-order valence-corrected chi connectivity index (χ3v) is 8.60. The molecule has 0 bridgehead atoms. The van der Waals surface area contributed by atoms with Crippen LogP contribution in [-0.4, -0.2) is 57.4 Å². The van der Waals surface area contributed by atoms with Crippen LogP contribution >= 0.6 is 11.6 Å². The van der Waals surface area contributed by atoms with Crippen LogP contribution in [0.2, 0.25) is 5.02 Å². The van der Waals surface area contributed by atoms with Crippen molar-refractivity contribution in [1.82, 2.24) is 19.6 Å². The maximum absolute atomic E-state index is 13.8.